The molecular formula is C17H36N4O. The van der Waals surface area contributed by atoms with Gasteiger partial charge in [-0.3, -0.25) is 9.89 Å². The molecule has 2 N–H and O–H groups in total. The molecule has 0 aromatic rings. The molecule has 0 bridgehead atoms. The van der Waals surface area contributed by atoms with Crippen LogP contribution in [0.4, 0.5) is 0 Å². The standard InChI is InChI=1S/C17H36N4O/c1-5-18-16(19-9-7-6-8-17(2,3)4)20-10-11-21-12-14-22-15-13-21/h5-15H2,1-4H3,(H2,18,19,20). The van der Waals surface area contributed by atoms with E-state index in [1.807, 2.05) is 0 Å². The molecule has 5 nitrogen and oxygen atoms in total. The number of nitrogens with zero attached hydrogens (tertiary/aromatic N) is 2. The summed E-state index contributed by atoms with van der Waals surface area (Å²) < 4.78 is 5.37. The molecule has 0 radical (unpaired) electrons. The molecule has 0 spiro atoms. The highest BCUT2D eigenvalue weighted by Crippen LogP contribution is 2.21. The molecule has 0 aromatic heterocycles. The maximum absolute atomic E-state index is 5.37. The maximum atomic E-state index is 5.37. The van der Waals surface area contributed by atoms with E-state index in [4.69, 9.17) is 4.74 Å². The van der Waals surface area contributed by atoms with E-state index in [0.717, 1.165) is 64.9 Å². The van der Waals surface area contributed by atoms with Crippen molar-refractivity contribution in [3.8, 4) is 0 Å². The van der Waals surface area contributed by atoms with Gasteiger partial charge in [0.15, 0.2) is 5.96 Å². The Balaban J connectivity index is 2.17. The van der Waals surface area contributed by atoms with Gasteiger partial charge in [0.05, 0.1) is 13.2 Å². The zero-order chi connectivity index (χ0) is 16.3. The third-order valence-electron chi connectivity index (χ3n) is 3.77. The number of unbranched alkanes of at least 4 members (excludes halogenated alkanes) is 1. The Kier molecular flexibility index (Phi) is 9.48. The topological polar surface area (TPSA) is 48.9 Å². The van der Waals surface area contributed by atoms with Gasteiger partial charge in [-0.2, -0.15) is 0 Å². The molecule has 1 heterocycles. The van der Waals surface area contributed by atoms with Gasteiger partial charge in [0.2, 0.25) is 0 Å². The average molecular weight is 313 g/mol. The molecule has 1 rings (SSSR count). The molecule has 1 aliphatic rings. The Morgan fingerprint density at radius 2 is 1.86 bits per heavy atom. The van der Waals surface area contributed by atoms with E-state index in [9.17, 15) is 0 Å². The number of morpholine rings is 1. The van der Waals surface area contributed by atoms with Crippen LogP contribution in [0.5, 0.6) is 0 Å². The molecule has 0 aromatic carbocycles. The van der Waals surface area contributed by atoms with Crippen molar-refractivity contribution in [2.75, 3.05) is 52.5 Å². The minimum absolute atomic E-state index is 0.435. The molecule has 0 aliphatic carbocycles. The van der Waals surface area contributed by atoms with Gasteiger partial charge < -0.3 is 15.4 Å². The van der Waals surface area contributed by atoms with E-state index in [1.54, 1.807) is 0 Å². The van der Waals surface area contributed by atoms with E-state index in [0.29, 0.717) is 5.41 Å². The zero-order valence-electron chi connectivity index (χ0n) is 15.1. The number of hydrogen-bond acceptors (Lipinski definition) is 3. The van der Waals surface area contributed by atoms with Crippen molar-refractivity contribution in [3.63, 3.8) is 0 Å². The molecule has 130 valence electrons. The normalized spacial score (nSPS) is 17.5. The Morgan fingerprint density at radius 1 is 1.14 bits per heavy atom. The SMILES string of the molecule is CCNC(=NCCCCC(C)(C)C)NCCN1CCOCC1. The lowest BCUT2D eigenvalue weighted by molar-refractivity contribution is 0.0389. The van der Waals surface area contributed by atoms with Crippen molar-refractivity contribution >= 4 is 5.96 Å². The second-order valence-electron chi connectivity index (χ2n) is 7.16. The Labute approximate surface area is 136 Å². The fourth-order valence-electron chi connectivity index (χ4n) is 2.46. The summed E-state index contributed by atoms with van der Waals surface area (Å²) in [5.74, 6) is 0.950. The quantitative estimate of drug-likeness (QED) is 0.409. The van der Waals surface area contributed by atoms with Crippen LogP contribution in [0.2, 0.25) is 0 Å². The predicted molar refractivity (Wildman–Crippen MR) is 94.5 cm³/mol. The molecule has 0 amide bonds. The first-order valence-electron chi connectivity index (χ1n) is 8.83. The molecule has 1 aliphatic heterocycles. The molecule has 5 heteroatoms. The highest BCUT2D eigenvalue weighted by atomic mass is 16.5. The first-order chi connectivity index (χ1) is 10.5. The Morgan fingerprint density at radius 3 is 2.50 bits per heavy atom. The summed E-state index contributed by atoms with van der Waals surface area (Å²) in [6.07, 6.45) is 3.68. The number of rotatable bonds is 8. The molecule has 0 unspecified atom stereocenters. The summed E-state index contributed by atoms with van der Waals surface area (Å²) in [6.45, 7) is 16.6. The third kappa shape index (κ3) is 10.0. The fraction of sp³-hybridized carbons (Fsp3) is 0.941. The van der Waals surface area contributed by atoms with Crippen LogP contribution in [-0.2, 0) is 4.74 Å². The second-order valence-corrected chi connectivity index (χ2v) is 7.16. The van der Waals surface area contributed by atoms with Gasteiger partial charge >= 0.3 is 0 Å². The van der Waals surface area contributed by atoms with Crippen molar-refractivity contribution in [1.29, 1.82) is 0 Å². The molecule has 1 saturated heterocycles. The Bertz CT molecular complexity index is 306. The van der Waals surface area contributed by atoms with Crippen molar-refractivity contribution in [2.45, 2.75) is 47.0 Å². The summed E-state index contributed by atoms with van der Waals surface area (Å²) in [4.78, 5) is 7.10. The van der Waals surface area contributed by atoms with Gasteiger partial charge in [-0.25, -0.2) is 0 Å². The Hall–Kier alpha value is -0.810. The van der Waals surface area contributed by atoms with Crippen molar-refractivity contribution < 1.29 is 4.74 Å². The van der Waals surface area contributed by atoms with E-state index in [-0.39, 0.29) is 0 Å². The highest BCUT2D eigenvalue weighted by molar-refractivity contribution is 5.79. The second kappa shape index (κ2) is 10.8. The minimum atomic E-state index is 0.435. The molecule has 0 atom stereocenters. The van der Waals surface area contributed by atoms with Gasteiger partial charge in [0.25, 0.3) is 0 Å². The van der Waals surface area contributed by atoms with Gasteiger partial charge in [0.1, 0.15) is 0 Å². The van der Waals surface area contributed by atoms with Gasteiger partial charge in [-0.1, -0.05) is 27.2 Å². The summed E-state index contributed by atoms with van der Waals surface area (Å²) in [6, 6.07) is 0. The highest BCUT2D eigenvalue weighted by Gasteiger charge is 2.10. The first-order valence-corrected chi connectivity index (χ1v) is 8.83. The lowest BCUT2D eigenvalue weighted by Gasteiger charge is -2.26. The lowest BCUT2D eigenvalue weighted by atomic mass is 9.90. The zero-order valence-corrected chi connectivity index (χ0v) is 15.1. The molecule has 0 saturated carbocycles. The number of ether oxygens (including phenoxy) is 1. The third-order valence-corrected chi connectivity index (χ3v) is 3.77. The van der Waals surface area contributed by atoms with E-state index in [1.165, 1.54) is 12.8 Å². The van der Waals surface area contributed by atoms with Crippen LogP contribution < -0.4 is 10.6 Å². The summed E-state index contributed by atoms with van der Waals surface area (Å²) in [5, 5.41) is 6.75. The summed E-state index contributed by atoms with van der Waals surface area (Å²) >= 11 is 0. The maximum Gasteiger partial charge on any atom is 0.191 e. The van der Waals surface area contributed by atoms with Gasteiger partial charge in [-0.05, 0) is 25.2 Å². The van der Waals surface area contributed by atoms with Crippen LogP contribution in [0, 0.1) is 5.41 Å². The van der Waals surface area contributed by atoms with E-state index >= 15 is 0 Å². The van der Waals surface area contributed by atoms with Gasteiger partial charge in [0, 0.05) is 39.3 Å². The van der Waals surface area contributed by atoms with Crippen molar-refractivity contribution in [1.82, 2.24) is 15.5 Å². The monoisotopic (exact) mass is 312 g/mol. The minimum Gasteiger partial charge on any atom is -0.379 e. The van der Waals surface area contributed by atoms with Crippen LogP contribution in [0.15, 0.2) is 4.99 Å². The van der Waals surface area contributed by atoms with Crippen LogP contribution in [0.3, 0.4) is 0 Å². The first kappa shape index (κ1) is 19.2. The largest absolute Gasteiger partial charge is 0.379 e. The summed E-state index contributed by atoms with van der Waals surface area (Å²) in [5.41, 5.74) is 0.435. The lowest BCUT2D eigenvalue weighted by Crippen LogP contribution is -2.44. The van der Waals surface area contributed by atoms with Gasteiger partial charge in [-0.15, -0.1) is 0 Å². The molecule has 22 heavy (non-hydrogen) atoms. The van der Waals surface area contributed by atoms with Crippen LogP contribution in [0.1, 0.15) is 47.0 Å². The van der Waals surface area contributed by atoms with Crippen LogP contribution in [-0.4, -0.2) is 63.3 Å². The van der Waals surface area contributed by atoms with E-state index < -0.39 is 0 Å². The number of nitrogens with one attached hydrogen (secondary N) is 2. The smallest absolute Gasteiger partial charge is 0.191 e. The van der Waals surface area contributed by atoms with Crippen molar-refractivity contribution in [3.05, 3.63) is 0 Å². The molecule has 1 fully saturated rings. The summed E-state index contributed by atoms with van der Waals surface area (Å²) in [7, 11) is 0. The van der Waals surface area contributed by atoms with Crippen LogP contribution >= 0.6 is 0 Å². The molecular weight excluding hydrogens is 276 g/mol. The fourth-order valence-corrected chi connectivity index (χ4v) is 2.46. The van der Waals surface area contributed by atoms with E-state index in [2.05, 4.69) is 48.2 Å². The number of hydrogen-bond donors (Lipinski definition) is 2. The van der Waals surface area contributed by atoms with Crippen molar-refractivity contribution in [2.24, 2.45) is 10.4 Å². The average Bonchev–Trinajstić information content (AvgIpc) is 2.47. The number of guanidine groups is 1. The number of aliphatic imine (C=N–C) groups is 1. The predicted octanol–water partition coefficient (Wildman–Crippen LogP) is 2.09. The van der Waals surface area contributed by atoms with Crippen LogP contribution in [0.25, 0.3) is 0 Å².